The molecule has 1 N–H and O–H groups in total. The van der Waals surface area contributed by atoms with Crippen molar-refractivity contribution in [3.05, 3.63) is 17.5 Å². The zero-order valence-corrected chi connectivity index (χ0v) is 10.3. The maximum Gasteiger partial charge on any atom is 0.0825 e. The number of hydrogen-bond donors (Lipinski definition) is 1. The maximum atomic E-state index is 10.2. The average molecular weight is 222 g/mol. The normalized spacial score (nSPS) is 19.9. The molecule has 90 valence electrons. The van der Waals surface area contributed by atoms with E-state index in [4.69, 9.17) is 0 Å². The Morgan fingerprint density at radius 1 is 1.44 bits per heavy atom. The van der Waals surface area contributed by atoms with Crippen molar-refractivity contribution in [1.82, 2.24) is 9.78 Å². The SMILES string of the molecule is Cc1nn(C)cc1C(O)CC1CCCCC1. The van der Waals surface area contributed by atoms with Crippen molar-refractivity contribution in [3.8, 4) is 0 Å². The van der Waals surface area contributed by atoms with Gasteiger partial charge in [0, 0.05) is 18.8 Å². The predicted octanol–water partition coefficient (Wildman–Crippen LogP) is 2.73. The van der Waals surface area contributed by atoms with Crippen LogP contribution in [0.15, 0.2) is 6.20 Å². The third-order valence-electron chi connectivity index (χ3n) is 3.69. The van der Waals surface area contributed by atoms with Crippen LogP contribution in [0.2, 0.25) is 0 Å². The molecule has 0 aliphatic heterocycles. The van der Waals surface area contributed by atoms with Crippen LogP contribution in [0.3, 0.4) is 0 Å². The molecule has 1 unspecified atom stereocenters. The van der Waals surface area contributed by atoms with Gasteiger partial charge in [0.25, 0.3) is 0 Å². The van der Waals surface area contributed by atoms with Gasteiger partial charge in [0.2, 0.25) is 0 Å². The number of aryl methyl sites for hydroxylation is 2. The van der Waals surface area contributed by atoms with Gasteiger partial charge in [-0.3, -0.25) is 4.68 Å². The van der Waals surface area contributed by atoms with Crippen LogP contribution in [-0.4, -0.2) is 14.9 Å². The molecule has 0 saturated heterocycles. The van der Waals surface area contributed by atoms with Crippen LogP contribution in [0.4, 0.5) is 0 Å². The van der Waals surface area contributed by atoms with Crippen molar-refractivity contribution in [3.63, 3.8) is 0 Å². The lowest BCUT2D eigenvalue weighted by Gasteiger charge is -2.23. The second kappa shape index (κ2) is 5.00. The highest BCUT2D eigenvalue weighted by atomic mass is 16.3. The first-order valence-electron chi connectivity index (χ1n) is 6.35. The molecule has 1 aliphatic rings. The van der Waals surface area contributed by atoms with Gasteiger partial charge in [-0.1, -0.05) is 32.1 Å². The molecule has 1 fully saturated rings. The molecule has 0 radical (unpaired) electrons. The Hall–Kier alpha value is -0.830. The zero-order chi connectivity index (χ0) is 11.5. The summed E-state index contributed by atoms with van der Waals surface area (Å²) in [6.45, 7) is 1.97. The number of hydrogen-bond acceptors (Lipinski definition) is 2. The van der Waals surface area contributed by atoms with Crippen molar-refractivity contribution >= 4 is 0 Å². The lowest BCUT2D eigenvalue weighted by Crippen LogP contribution is -2.11. The molecule has 1 atom stereocenters. The molecular weight excluding hydrogens is 200 g/mol. The van der Waals surface area contributed by atoms with E-state index in [0.717, 1.165) is 17.7 Å². The number of aliphatic hydroxyl groups is 1. The average Bonchev–Trinajstić information content (AvgIpc) is 2.59. The fraction of sp³-hybridized carbons (Fsp3) is 0.769. The summed E-state index contributed by atoms with van der Waals surface area (Å²) in [6, 6.07) is 0. The second-order valence-corrected chi connectivity index (χ2v) is 5.10. The van der Waals surface area contributed by atoms with Gasteiger partial charge < -0.3 is 5.11 Å². The van der Waals surface area contributed by atoms with Gasteiger partial charge in [-0.25, -0.2) is 0 Å². The van der Waals surface area contributed by atoms with Crippen LogP contribution in [0.25, 0.3) is 0 Å². The van der Waals surface area contributed by atoms with Crippen LogP contribution < -0.4 is 0 Å². The molecule has 3 nitrogen and oxygen atoms in total. The monoisotopic (exact) mass is 222 g/mol. The van der Waals surface area contributed by atoms with Crippen LogP contribution in [-0.2, 0) is 7.05 Å². The Kier molecular flexibility index (Phi) is 3.64. The maximum absolute atomic E-state index is 10.2. The highest BCUT2D eigenvalue weighted by Gasteiger charge is 2.20. The quantitative estimate of drug-likeness (QED) is 0.854. The van der Waals surface area contributed by atoms with E-state index >= 15 is 0 Å². The molecule has 3 heteroatoms. The van der Waals surface area contributed by atoms with E-state index < -0.39 is 0 Å². The Labute approximate surface area is 97.5 Å². The number of aromatic nitrogens is 2. The number of rotatable bonds is 3. The first-order valence-corrected chi connectivity index (χ1v) is 6.35. The molecular formula is C13H22N2O. The Morgan fingerprint density at radius 2 is 2.12 bits per heavy atom. The van der Waals surface area contributed by atoms with Crippen molar-refractivity contribution in [2.45, 2.75) is 51.6 Å². The molecule has 0 amide bonds. The smallest absolute Gasteiger partial charge is 0.0825 e. The molecule has 0 aromatic carbocycles. The van der Waals surface area contributed by atoms with E-state index in [1.165, 1.54) is 32.1 Å². The Bertz CT molecular complexity index is 340. The first kappa shape index (κ1) is 11.6. The lowest BCUT2D eigenvalue weighted by molar-refractivity contribution is 0.131. The summed E-state index contributed by atoms with van der Waals surface area (Å²) in [7, 11) is 1.91. The minimum Gasteiger partial charge on any atom is -0.388 e. The molecule has 16 heavy (non-hydrogen) atoms. The molecule has 1 aliphatic carbocycles. The topological polar surface area (TPSA) is 38.0 Å². The fourth-order valence-electron chi connectivity index (χ4n) is 2.81. The van der Waals surface area contributed by atoms with Crippen molar-refractivity contribution in [2.24, 2.45) is 13.0 Å². The van der Waals surface area contributed by atoms with Crippen molar-refractivity contribution < 1.29 is 5.11 Å². The molecule has 1 saturated carbocycles. The molecule has 0 bridgehead atoms. The summed E-state index contributed by atoms with van der Waals surface area (Å²) >= 11 is 0. The minimum absolute atomic E-state index is 0.322. The Morgan fingerprint density at radius 3 is 2.69 bits per heavy atom. The van der Waals surface area contributed by atoms with Crippen molar-refractivity contribution in [2.75, 3.05) is 0 Å². The van der Waals surface area contributed by atoms with Gasteiger partial charge in [0.05, 0.1) is 11.8 Å². The van der Waals surface area contributed by atoms with Gasteiger partial charge >= 0.3 is 0 Å². The standard InChI is InChI=1S/C13H22N2O/c1-10-12(9-15(2)14-10)13(16)8-11-6-4-3-5-7-11/h9,11,13,16H,3-8H2,1-2H3. The highest BCUT2D eigenvalue weighted by Crippen LogP contribution is 2.32. The van der Waals surface area contributed by atoms with E-state index in [1.54, 1.807) is 4.68 Å². The zero-order valence-electron chi connectivity index (χ0n) is 10.3. The van der Waals surface area contributed by atoms with E-state index in [1.807, 2.05) is 20.2 Å². The van der Waals surface area contributed by atoms with E-state index in [9.17, 15) is 5.11 Å². The second-order valence-electron chi connectivity index (χ2n) is 5.10. The fourth-order valence-corrected chi connectivity index (χ4v) is 2.81. The van der Waals surface area contributed by atoms with E-state index in [-0.39, 0.29) is 6.10 Å². The molecule has 1 heterocycles. The predicted molar refractivity (Wildman–Crippen MR) is 64.1 cm³/mol. The number of nitrogens with zero attached hydrogens (tertiary/aromatic N) is 2. The molecule has 1 aromatic heterocycles. The van der Waals surface area contributed by atoms with Crippen LogP contribution in [0, 0.1) is 12.8 Å². The third kappa shape index (κ3) is 2.64. The highest BCUT2D eigenvalue weighted by molar-refractivity contribution is 5.18. The van der Waals surface area contributed by atoms with E-state index in [2.05, 4.69) is 5.10 Å². The van der Waals surface area contributed by atoms with Crippen molar-refractivity contribution in [1.29, 1.82) is 0 Å². The van der Waals surface area contributed by atoms with Crippen LogP contribution >= 0.6 is 0 Å². The van der Waals surface area contributed by atoms with Gasteiger partial charge in [-0.15, -0.1) is 0 Å². The van der Waals surface area contributed by atoms with Crippen LogP contribution in [0.5, 0.6) is 0 Å². The Balaban J connectivity index is 1.96. The third-order valence-corrected chi connectivity index (χ3v) is 3.69. The van der Waals surface area contributed by atoms with Gasteiger partial charge in [-0.2, -0.15) is 5.10 Å². The summed E-state index contributed by atoms with van der Waals surface area (Å²) < 4.78 is 1.79. The molecule has 0 spiro atoms. The first-order chi connectivity index (χ1) is 7.66. The van der Waals surface area contributed by atoms with Gasteiger partial charge in [-0.05, 0) is 19.3 Å². The van der Waals surface area contributed by atoms with Crippen LogP contribution in [0.1, 0.15) is 55.9 Å². The number of aliphatic hydroxyl groups excluding tert-OH is 1. The molecule has 1 aromatic rings. The minimum atomic E-state index is -0.322. The summed E-state index contributed by atoms with van der Waals surface area (Å²) in [5.41, 5.74) is 1.97. The largest absolute Gasteiger partial charge is 0.388 e. The molecule has 2 rings (SSSR count). The van der Waals surface area contributed by atoms with Gasteiger partial charge in [0.1, 0.15) is 0 Å². The summed E-state index contributed by atoms with van der Waals surface area (Å²) in [4.78, 5) is 0. The van der Waals surface area contributed by atoms with Gasteiger partial charge in [0.15, 0.2) is 0 Å². The summed E-state index contributed by atoms with van der Waals surface area (Å²) in [5, 5.41) is 14.5. The summed E-state index contributed by atoms with van der Waals surface area (Å²) in [5.74, 6) is 0.711. The lowest BCUT2D eigenvalue weighted by atomic mass is 9.84. The van der Waals surface area contributed by atoms with E-state index in [0.29, 0.717) is 5.92 Å². The summed E-state index contributed by atoms with van der Waals surface area (Å²) in [6.07, 6.45) is 9.16.